The number of carbonyl (C=O) groups is 2. The molecule has 0 unspecified atom stereocenters. The number of carbonyl (C=O) groups excluding carboxylic acids is 1. The molecule has 3 rings (SSSR count). The lowest BCUT2D eigenvalue weighted by atomic mass is 9.86. The van der Waals surface area contributed by atoms with Gasteiger partial charge in [0.15, 0.2) is 0 Å². The Balaban J connectivity index is 1.91. The first-order valence-electron chi connectivity index (χ1n) is 11.2. The second-order valence-electron chi connectivity index (χ2n) is 8.52. The molecule has 3 aromatic rings. The minimum Gasteiger partial charge on any atom is -0.480 e. The van der Waals surface area contributed by atoms with Gasteiger partial charge in [0.25, 0.3) is 5.91 Å². The predicted octanol–water partition coefficient (Wildman–Crippen LogP) is 6.86. The number of benzene rings is 3. The van der Waals surface area contributed by atoms with Crippen molar-refractivity contribution in [3.05, 3.63) is 107 Å². The number of aliphatic carboxylic acids is 1. The van der Waals surface area contributed by atoms with Gasteiger partial charge in [0, 0.05) is 18.5 Å². The quantitative estimate of drug-likeness (QED) is 0.328. The van der Waals surface area contributed by atoms with Crippen LogP contribution in [0.15, 0.2) is 78.9 Å². The summed E-state index contributed by atoms with van der Waals surface area (Å²) >= 11 is 0. The first-order chi connectivity index (χ1) is 17.3. The lowest BCUT2D eigenvalue weighted by Crippen LogP contribution is -2.42. The van der Waals surface area contributed by atoms with Crippen molar-refractivity contribution >= 4 is 11.9 Å². The maximum absolute atomic E-state index is 13.2. The van der Waals surface area contributed by atoms with Crippen LogP contribution in [0.2, 0.25) is 0 Å². The Kier molecular flexibility index (Phi) is 8.30. The van der Waals surface area contributed by atoms with Crippen molar-refractivity contribution in [3.8, 4) is 0 Å². The Morgan fingerprint density at radius 3 is 1.57 bits per heavy atom. The fourth-order valence-corrected chi connectivity index (χ4v) is 4.13. The molecule has 10 heteroatoms. The molecule has 37 heavy (non-hydrogen) atoms. The van der Waals surface area contributed by atoms with Gasteiger partial charge in [0.05, 0.1) is 11.1 Å². The fourth-order valence-electron chi connectivity index (χ4n) is 4.13. The van der Waals surface area contributed by atoms with Crippen LogP contribution in [0.1, 0.15) is 51.4 Å². The molecule has 0 saturated carbocycles. The van der Waals surface area contributed by atoms with E-state index in [9.17, 15) is 41.0 Å². The maximum Gasteiger partial charge on any atom is 0.416 e. The van der Waals surface area contributed by atoms with E-state index in [1.807, 2.05) is 60.7 Å². The molecule has 1 atom stereocenters. The van der Waals surface area contributed by atoms with Gasteiger partial charge in [-0.25, -0.2) is 4.79 Å². The van der Waals surface area contributed by atoms with Crippen LogP contribution in [-0.4, -0.2) is 35.0 Å². The third-order valence-electron chi connectivity index (χ3n) is 6.04. The molecular weight excluding hydrogens is 500 g/mol. The SMILES string of the molecule is CN(C(=O)c1cc(C(F)(F)F)cc(C(F)(F)F)c1)[C@@H](CCC(c1ccccc1)c1ccccc1)C(=O)O. The Labute approximate surface area is 209 Å². The summed E-state index contributed by atoms with van der Waals surface area (Å²) in [5.41, 5.74) is -2.43. The van der Waals surface area contributed by atoms with Crippen LogP contribution < -0.4 is 0 Å². The van der Waals surface area contributed by atoms with Gasteiger partial charge in [0.2, 0.25) is 0 Å². The molecular formula is C27H23F6NO3. The number of likely N-dealkylation sites (N-methyl/N-ethyl adjacent to an activating group) is 1. The Bertz CT molecular complexity index is 1150. The first-order valence-corrected chi connectivity index (χ1v) is 11.2. The van der Waals surface area contributed by atoms with Crippen molar-refractivity contribution in [2.24, 2.45) is 0 Å². The highest BCUT2D eigenvalue weighted by Crippen LogP contribution is 2.37. The average Bonchev–Trinajstić information content (AvgIpc) is 2.85. The molecule has 0 aromatic heterocycles. The van der Waals surface area contributed by atoms with Crippen molar-refractivity contribution in [1.82, 2.24) is 4.90 Å². The van der Waals surface area contributed by atoms with E-state index >= 15 is 0 Å². The fraction of sp³-hybridized carbons (Fsp3) is 0.259. The van der Waals surface area contributed by atoms with E-state index < -0.39 is 47.0 Å². The monoisotopic (exact) mass is 523 g/mol. The molecule has 0 aliphatic carbocycles. The molecule has 0 aliphatic rings. The van der Waals surface area contributed by atoms with Gasteiger partial charge in [-0.1, -0.05) is 60.7 Å². The van der Waals surface area contributed by atoms with Crippen LogP contribution in [-0.2, 0) is 17.1 Å². The highest BCUT2D eigenvalue weighted by atomic mass is 19.4. The zero-order valence-corrected chi connectivity index (χ0v) is 19.6. The Morgan fingerprint density at radius 2 is 1.19 bits per heavy atom. The summed E-state index contributed by atoms with van der Waals surface area (Å²) in [4.78, 5) is 25.7. The van der Waals surface area contributed by atoms with E-state index in [2.05, 4.69) is 0 Å². The highest BCUT2D eigenvalue weighted by Gasteiger charge is 2.38. The van der Waals surface area contributed by atoms with Gasteiger partial charge in [-0.2, -0.15) is 26.3 Å². The molecule has 0 spiro atoms. The molecule has 3 aromatic carbocycles. The molecule has 196 valence electrons. The molecule has 1 amide bonds. The molecule has 0 fully saturated rings. The van der Waals surface area contributed by atoms with Gasteiger partial charge in [-0.05, 0) is 42.2 Å². The molecule has 0 saturated heterocycles. The zero-order chi connectivity index (χ0) is 27.4. The molecule has 0 aliphatic heterocycles. The van der Waals surface area contributed by atoms with Crippen LogP contribution in [0, 0.1) is 0 Å². The topological polar surface area (TPSA) is 57.6 Å². The predicted molar refractivity (Wildman–Crippen MR) is 124 cm³/mol. The average molecular weight is 523 g/mol. The van der Waals surface area contributed by atoms with Crippen molar-refractivity contribution in [2.45, 2.75) is 37.2 Å². The lowest BCUT2D eigenvalue weighted by Gasteiger charge is -2.27. The van der Waals surface area contributed by atoms with Crippen molar-refractivity contribution in [2.75, 3.05) is 7.05 Å². The molecule has 4 nitrogen and oxygen atoms in total. The van der Waals surface area contributed by atoms with Crippen LogP contribution in [0.3, 0.4) is 0 Å². The normalized spacial score (nSPS) is 12.9. The van der Waals surface area contributed by atoms with Crippen LogP contribution >= 0.6 is 0 Å². The van der Waals surface area contributed by atoms with Gasteiger partial charge in [0.1, 0.15) is 6.04 Å². The van der Waals surface area contributed by atoms with Crippen LogP contribution in [0.4, 0.5) is 26.3 Å². The van der Waals surface area contributed by atoms with Crippen molar-refractivity contribution in [3.63, 3.8) is 0 Å². The van der Waals surface area contributed by atoms with E-state index in [4.69, 9.17) is 0 Å². The summed E-state index contributed by atoms with van der Waals surface area (Å²) in [6, 6.07) is 17.4. The standard InChI is InChI=1S/C27H23F6NO3/c1-34(24(35)19-14-20(26(28,29)30)16-21(15-19)27(31,32)33)23(25(36)37)13-12-22(17-8-4-2-5-9-17)18-10-6-3-7-11-18/h2-11,14-16,22-23H,12-13H2,1H3,(H,36,37)/t23-/m0/s1. The Morgan fingerprint density at radius 1 is 0.757 bits per heavy atom. The number of alkyl halides is 6. The second-order valence-corrected chi connectivity index (χ2v) is 8.52. The van der Waals surface area contributed by atoms with Gasteiger partial charge >= 0.3 is 18.3 Å². The summed E-state index contributed by atoms with van der Waals surface area (Å²) in [6.07, 6.45) is -10.1. The summed E-state index contributed by atoms with van der Waals surface area (Å²) in [5, 5.41) is 9.81. The minimum atomic E-state index is -5.14. The molecule has 0 bridgehead atoms. The van der Waals surface area contributed by atoms with E-state index in [1.54, 1.807) is 0 Å². The number of rotatable bonds is 8. The summed E-state index contributed by atoms with van der Waals surface area (Å²) in [7, 11) is 1.05. The number of amides is 1. The Hall–Kier alpha value is -3.82. The van der Waals surface area contributed by atoms with E-state index in [0.717, 1.165) is 18.2 Å². The van der Waals surface area contributed by atoms with Crippen LogP contribution in [0.5, 0.6) is 0 Å². The second kappa shape index (κ2) is 11.1. The van der Waals surface area contributed by atoms with E-state index in [0.29, 0.717) is 17.0 Å². The van der Waals surface area contributed by atoms with Crippen molar-refractivity contribution in [1.29, 1.82) is 0 Å². The number of halogens is 6. The third kappa shape index (κ3) is 6.90. The molecule has 1 N–H and O–H groups in total. The summed E-state index contributed by atoms with van der Waals surface area (Å²) in [5.74, 6) is -2.95. The first kappa shape index (κ1) is 27.8. The minimum absolute atomic E-state index is 0.0875. The molecule has 0 heterocycles. The smallest absolute Gasteiger partial charge is 0.416 e. The number of carboxylic acids is 1. The third-order valence-corrected chi connectivity index (χ3v) is 6.04. The van der Waals surface area contributed by atoms with Gasteiger partial charge in [-0.3, -0.25) is 4.79 Å². The largest absolute Gasteiger partial charge is 0.480 e. The number of carboxylic acid groups (broad SMARTS) is 1. The lowest BCUT2D eigenvalue weighted by molar-refractivity contribution is -0.144. The number of hydrogen-bond acceptors (Lipinski definition) is 2. The van der Waals surface area contributed by atoms with Gasteiger partial charge in [-0.15, -0.1) is 0 Å². The maximum atomic E-state index is 13.2. The summed E-state index contributed by atoms with van der Waals surface area (Å²) in [6.45, 7) is 0. The van der Waals surface area contributed by atoms with Crippen molar-refractivity contribution < 1.29 is 41.0 Å². The summed E-state index contributed by atoms with van der Waals surface area (Å²) < 4.78 is 79.4. The van der Waals surface area contributed by atoms with E-state index in [1.165, 1.54) is 0 Å². The molecule has 0 radical (unpaired) electrons. The van der Waals surface area contributed by atoms with Crippen LogP contribution in [0.25, 0.3) is 0 Å². The van der Waals surface area contributed by atoms with E-state index in [-0.39, 0.29) is 24.8 Å². The zero-order valence-electron chi connectivity index (χ0n) is 19.6. The number of nitrogens with zero attached hydrogens (tertiary/aromatic N) is 1. The van der Waals surface area contributed by atoms with Gasteiger partial charge < -0.3 is 10.0 Å². The number of hydrogen-bond donors (Lipinski definition) is 1. The highest BCUT2D eigenvalue weighted by molar-refractivity contribution is 5.96.